The van der Waals surface area contributed by atoms with Gasteiger partial charge in [0.25, 0.3) is 0 Å². The molecule has 0 aliphatic carbocycles. The van der Waals surface area contributed by atoms with Crippen LogP contribution in [0.3, 0.4) is 0 Å². The van der Waals surface area contributed by atoms with Crippen molar-refractivity contribution in [2.45, 2.75) is 25.2 Å². The minimum atomic E-state index is -0.135. The third-order valence-electron chi connectivity index (χ3n) is 5.94. The lowest BCUT2D eigenvalue weighted by Crippen LogP contribution is -2.34. The van der Waals surface area contributed by atoms with Crippen molar-refractivity contribution in [2.75, 3.05) is 33.0 Å². The molecule has 5 rings (SSSR count). The van der Waals surface area contributed by atoms with Gasteiger partial charge in [0.2, 0.25) is 12.7 Å². The molecular formula is C23H26N4O3. The minimum Gasteiger partial charge on any atom is -0.454 e. The molecule has 1 fully saturated rings. The van der Waals surface area contributed by atoms with Gasteiger partial charge in [-0.1, -0.05) is 12.1 Å². The number of nitrogens with one attached hydrogen (secondary N) is 1. The first-order chi connectivity index (χ1) is 14.8. The van der Waals surface area contributed by atoms with Gasteiger partial charge in [0, 0.05) is 37.8 Å². The van der Waals surface area contributed by atoms with Gasteiger partial charge in [-0.25, -0.2) is 4.98 Å². The highest BCUT2D eigenvalue weighted by Crippen LogP contribution is 2.37. The Bertz CT molecular complexity index is 1040. The molecule has 2 aliphatic heterocycles. The van der Waals surface area contributed by atoms with Crippen LogP contribution in [0.4, 0.5) is 0 Å². The molecule has 1 N–H and O–H groups in total. The van der Waals surface area contributed by atoms with Crippen molar-refractivity contribution in [1.82, 2.24) is 19.6 Å². The first kappa shape index (κ1) is 18.9. The summed E-state index contributed by atoms with van der Waals surface area (Å²) >= 11 is 0. The Hall–Kier alpha value is -3.06. The number of hydrogen-bond acceptors (Lipinski definition) is 5. The second-order valence-corrected chi connectivity index (χ2v) is 7.88. The molecule has 1 atom stereocenters. The first-order valence-corrected chi connectivity index (χ1v) is 10.6. The number of rotatable bonds is 7. The van der Waals surface area contributed by atoms with Crippen LogP contribution in [-0.2, 0) is 4.79 Å². The third kappa shape index (κ3) is 3.85. The van der Waals surface area contributed by atoms with Crippen molar-refractivity contribution in [3.63, 3.8) is 0 Å². The number of carbonyl (C=O) groups excluding carboxylic acids is 1. The van der Waals surface area contributed by atoms with Gasteiger partial charge in [-0.15, -0.1) is 0 Å². The number of amides is 1. The van der Waals surface area contributed by atoms with E-state index >= 15 is 0 Å². The second kappa shape index (κ2) is 8.36. The molecule has 30 heavy (non-hydrogen) atoms. The van der Waals surface area contributed by atoms with Crippen LogP contribution in [0.25, 0.3) is 5.65 Å². The van der Waals surface area contributed by atoms with E-state index in [1.165, 1.54) is 12.8 Å². The number of fused-ring (bicyclic) bond motifs is 2. The van der Waals surface area contributed by atoms with Gasteiger partial charge in [-0.05, 0) is 55.8 Å². The number of benzene rings is 1. The van der Waals surface area contributed by atoms with E-state index in [2.05, 4.69) is 15.2 Å². The zero-order valence-electron chi connectivity index (χ0n) is 16.9. The molecule has 3 aromatic rings. The van der Waals surface area contributed by atoms with E-state index in [-0.39, 0.29) is 18.6 Å². The topological polar surface area (TPSA) is 68.1 Å². The van der Waals surface area contributed by atoms with Crippen LogP contribution in [-0.4, -0.2) is 53.2 Å². The first-order valence-electron chi connectivity index (χ1n) is 10.6. The maximum Gasteiger partial charge on any atom is 0.231 e. The number of pyridine rings is 1. The summed E-state index contributed by atoms with van der Waals surface area (Å²) in [6.45, 7) is 4.10. The van der Waals surface area contributed by atoms with Gasteiger partial charge >= 0.3 is 0 Å². The standard InChI is InChI=1S/C23H26N4O3/c28-23(24-8-12-26-9-3-4-10-26)14-18(17-6-7-20-21(13-17)30-16-29-20)19-15-25-22-5-1-2-11-27(19)22/h1-2,5-7,11,13,15,18H,3-4,8-10,12,14,16H2,(H,24,28). The highest BCUT2D eigenvalue weighted by Gasteiger charge is 2.24. The van der Waals surface area contributed by atoms with Crippen molar-refractivity contribution >= 4 is 11.6 Å². The van der Waals surface area contributed by atoms with E-state index in [9.17, 15) is 4.79 Å². The van der Waals surface area contributed by atoms with E-state index in [0.29, 0.717) is 13.0 Å². The SMILES string of the molecule is O=C(CC(c1ccc2c(c1)OCO2)c1cnc2ccccn12)NCCN1CCCC1. The molecule has 0 saturated carbocycles. The van der Waals surface area contributed by atoms with Gasteiger partial charge in [0.05, 0.1) is 5.69 Å². The van der Waals surface area contributed by atoms with E-state index in [1.54, 1.807) is 0 Å². The maximum absolute atomic E-state index is 12.9. The molecule has 7 nitrogen and oxygen atoms in total. The van der Waals surface area contributed by atoms with Gasteiger partial charge in [-0.2, -0.15) is 0 Å². The number of likely N-dealkylation sites (tertiary alicyclic amines) is 1. The number of hydrogen-bond donors (Lipinski definition) is 1. The Morgan fingerprint density at radius 2 is 2.00 bits per heavy atom. The summed E-state index contributed by atoms with van der Waals surface area (Å²) in [7, 11) is 0. The minimum absolute atomic E-state index is 0.0442. The Morgan fingerprint density at radius 1 is 1.13 bits per heavy atom. The Labute approximate surface area is 175 Å². The molecule has 156 valence electrons. The van der Waals surface area contributed by atoms with Gasteiger partial charge in [0.1, 0.15) is 5.65 Å². The average molecular weight is 406 g/mol. The van der Waals surface area contributed by atoms with E-state index in [4.69, 9.17) is 9.47 Å². The highest BCUT2D eigenvalue weighted by atomic mass is 16.7. The fraction of sp³-hybridized carbons (Fsp3) is 0.391. The van der Waals surface area contributed by atoms with E-state index in [0.717, 1.165) is 48.0 Å². The van der Waals surface area contributed by atoms with Crippen molar-refractivity contribution in [3.8, 4) is 11.5 Å². The van der Waals surface area contributed by atoms with Gasteiger partial charge in [-0.3, -0.25) is 4.79 Å². The molecule has 2 aromatic heterocycles. The van der Waals surface area contributed by atoms with Crippen LogP contribution < -0.4 is 14.8 Å². The third-order valence-corrected chi connectivity index (χ3v) is 5.94. The van der Waals surface area contributed by atoms with Crippen molar-refractivity contribution in [1.29, 1.82) is 0 Å². The monoisotopic (exact) mass is 406 g/mol. The van der Waals surface area contributed by atoms with Crippen molar-refractivity contribution in [3.05, 3.63) is 60.0 Å². The number of nitrogens with zero attached hydrogens (tertiary/aromatic N) is 3. The van der Waals surface area contributed by atoms with E-state index in [1.807, 2.05) is 53.2 Å². The fourth-order valence-corrected chi connectivity index (χ4v) is 4.35. The second-order valence-electron chi connectivity index (χ2n) is 7.88. The molecule has 0 radical (unpaired) electrons. The Morgan fingerprint density at radius 3 is 2.90 bits per heavy atom. The lowest BCUT2D eigenvalue weighted by molar-refractivity contribution is -0.121. The summed E-state index contributed by atoms with van der Waals surface area (Å²) in [5, 5.41) is 3.11. The van der Waals surface area contributed by atoms with Crippen LogP contribution in [0, 0.1) is 0 Å². The molecule has 4 heterocycles. The summed E-state index contributed by atoms with van der Waals surface area (Å²) in [4.78, 5) is 19.8. The summed E-state index contributed by atoms with van der Waals surface area (Å²) in [5.41, 5.74) is 2.87. The van der Waals surface area contributed by atoms with Crippen LogP contribution in [0.15, 0.2) is 48.8 Å². The highest BCUT2D eigenvalue weighted by molar-refractivity contribution is 5.77. The predicted molar refractivity (Wildman–Crippen MR) is 113 cm³/mol. The lowest BCUT2D eigenvalue weighted by atomic mass is 9.92. The summed E-state index contributed by atoms with van der Waals surface area (Å²) < 4.78 is 13.1. The fourth-order valence-electron chi connectivity index (χ4n) is 4.35. The molecule has 1 saturated heterocycles. The Balaban J connectivity index is 1.37. The van der Waals surface area contributed by atoms with Crippen molar-refractivity contribution in [2.24, 2.45) is 0 Å². The van der Waals surface area contributed by atoms with Gasteiger partial charge < -0.3 is 24.1 Å². The van der Waals surface area contributed by atoms with E-state index < -0.39 is 0 Å². The lowest BCUT2D eigenvalue weighted by Gasteiger charge is -2.19. The molecule has 1 unspecified atom stereocenters. The Kier molecular flexibility index (Phi) is 5.27. The quantitative estimate of drug-likeness (QED) is 0.654. The van der Waals surface area contributed by atoms with Crippen LogP contribution >= 0.6 is 0 Å². The zero-order chi connectivity index (χ0) is 20.3. The molecule has 1 aromatic carbocycles. The summed E-state index contributed by atoms with van der Waals surface area (Å²) in [6, 6.07) is 11.8. The van der Waals surface area contributed by atoms with Crippen LogP contribution in [0.2, 0.25) is 0 Å². The molecule has 0 bridgehead atoms. The summed E-state index contributed by atoms with van der Waals surface area (Å²) in [6.07, 6.45) is 6.72. The number of carbonyl (C=O) groups is 1. The van der Waals surface area contributed by atoms with Crippen molar-refractivity contribution < 1.29 is 14.3 Å². The molecule has 1 amide bonds. The maximum atomic E-state index is 12.9. The number of imidazole rings is 1. The molecule has 2 aliphatic rings. The zero-order valence-corrected chi connectivity index (χ0v) is 16.9. The molecule has 7 heteroatoms. The predicted octanol–water partition coefficient (Wildman–Crippen LogP) is 2.80. The normalized spacial score (nSPS) is 16.8. The summed E-state index contributed by atoms with van der Waals surface area (Å²) in [5.74, 6) is 1.37. The largest absolute Gasteiger partial charge is 0.454 e. The average Bonchev–Trinajstić information content (AvgIpc) is 3.52. The van der Waals surface area contributed by atoms with Crippen LogP contribution in [0.1, 0.15) is 36.4 Å². The molecular weight excluding hydrogens is 380 g/mol. The number of aromatic nitrogens is 2. The molecule has 0 spiro atoms. The van der Waals surface area contributed by atoms with Gasteiger partial charge in [0.15, 0.2) is 11.5 Å². The smallest absolute Gasteiger partial charge is 0.231 e. The van der Waals surface area contributed by atoms with Crippen LogP contribution in [0.5, 0.6) is 11.5 Å². The number of ether oxygens (including phenoxy) is 2.